The zero-order chi connectivity index (χ0) is 81.1. The third kappa shape index (κ3) is 33.3. The normalized spacial score (nSPS) is 32.7. The smallest absolute Gasteiger partial charge is 0.308 e. The molecule has 0 aromatic carbocycles. The second kappa shape index (κ2) is 51.3. The molecule has 30 atom stereocenters. The Balaban J connectivity index is 1.98. The molecule has 0 radical (unpaired) electrons. The van der Waals surface area contributed by atoms with E-state index in [0.717, 1.165) is 0 Å². The Labute approximate surface area is 645 Å². The van der Waals surface area contributed by atoms with E-state index in [0.29, 0.717) is 64.2 Å². The average molecular weight is 1540 g/mol. The molecule has 1 saturated heterocycles. The highest BCUT2D eigenvalue weighted by molar-refractivity contribution is 5.81. The fourth-order valence-electron chi connectivity index (χ4n) is 16.1. The molecular weight excluding hydrogens is 1400 g/mol. The SMILES string of the molecule is CO[C@H]1C[C@H](O)CC(=O)O[C@@H]([C@H](C)[C@H](OC)[C@@H](C)CCC(=O)[C@@H](C)[C@@H](OC)[C@H](C)/C=C/N(C)C=O)C[C@@H](O)C[C@H](O)[C@H](C)[C@@H](OC)C[C@@H]2CC=C[C@@H](C[C@@H](OC)C[C@H](O)CC(=O)O[C@@H]([C@H](C)[C@H](OC)[C@@H](C)CCC(=O)[C@@H](C)[C@@H](OC)[C@H](C)/C=C/N(C)C=O)C[C@@H](O)C[C@H](O)[C@H](C)[C@@H](OC)C[C@@H]3CC=C[C@@H](C1)O3)O2. The van der Waals surface area contributed by atoms with Gasteiger partial charge >= 0.3 is 11.9 Å². The van der Waals surface area contributed by atoms with E-state index in [9.17, 15) is 59.4 Å². The Morgan fingerprint density at radius 3 is 1.13 bits per heavy atom. The van der Waals surface area contributed by atoms with Crippen molar-refractivity contribution < 1.29 is 116 Å². The molecule has 2 amide bonds. The first-order chi connectivity index (χ1) is 51.2. The van der Waals surface area contributed by atoms with Gasteiger partial charge in [0.25, 0.3) is 0 Å². The van der Waals surface area contributed by atoms with Crippen molar-refractivity contribution in [2.45, 2.75) is 307 Å². The maximum atomic E-state index is 14.2. The summed E-state index contributed by atoms with van der Waals surface area (Å²) in [6.07, 6.45) is 3.30. The molecule has 0 saturated carbocycles. The number of ether oxygens (including phenoxy) is 12. The molecule has 0 aromatic heterocycles. The third-order valence-corrected chi connectivity index (χ3v) is 23.1. The van der Waals surface area contributed by atoms with Crippen molar-refractivity contribution in [1.29, 1.82) is 0 Å². The van der Waals surface area contributed by atoms with E-state index in [2.05, 4.69) is 0 Å². The molecule has 0 unspecified atom stereocenters. The third-order valence-electron chi connectivity index (χ3n) is 23.1. The van der Waals surface area contributed by atoms with Crippen molar-refractivity contribution in [3.63, 3.8) is 0 Å². The number of nitrogens with zero attached hydrogens (tertiary/aromatic N) is 2. The van der Waals surface area contributed by atoms with Crippen molar-refractivity contribution in [2.24, 2.45) is 59.2 Å². The van der Waals surface area contributed by atoms with Crippen LogP contribution in [0.1, 0.15) is 185 Å². The number of aliphatic hydroxyl groups is 6. The minimum atomic E-state index is -1.23. The van der Waals surface area contributed by atoms with Crippen LogP contribution in [-0.2, 0) is 85.6 Å². The number of hydrogen-bond acceptors (Lipinski definition) is 24. The van der Waals surface area contributed by atoms with E-state index in [1.807, 2.05) is 106 Å². The van der Waals surface area contributed by atoms with Gasteiger partial charge in [-0.05, 0) is 50.4 Å². The van der Waals surface area contributed by atoms with Crippen molar-refractivity contribution in [1.82, 2.24) is 9.80 Å². The second-order valence-electron chi connectivity index (χ2n) is 31.5. The van der Waals surface area contributed by atoms with Crippen molar-refractivity contribution in [3.05, 3.63) is 48.9 Å². The molecule has 3 heterocycles. The predicted molar refractivity (Wildman–Crippen MR) is 408 cm³/mol. The van der Waals surface area contributed by atoms with Crippen molar-refractivity contribution in [3.8, 4) is 0 Å². The highest BCUT2D eigenvalue weighted by Gasteiger charge is 2.41. The highest BCUT2D eigenvalue weighted by atomic mass is 16.6. The van der Waals surface area contributed by atoms with Gasteiger partial charge in [0, 0.05) is 195 Å². The van der Waals surface area contributed by atoms with Gasteiger partial charge in [0.1, 0.15) is 23.8 Å². The molecular formula is C82H142N2O24. The number of carbonyl (C=O) groups excluding carboxylic acids is 6. The summed E-state index contributed by atoms with van der Waals surface area (Å²) in [7, 11) is 15.5. The van der Waals surface area contributed by atoms with Gasteiger partial charge in [0.15, 0.2) is 0 Å². The first-order valence-corrected chi connectivity index (χ1v) is 39.3. The number of carbonyl (C=O) groups is 6. The van der Waals surface area contributed by atoms with Crippen molar-refractivity contribution in [2.75, 3.05) is 71.0 Å². The molecule has 26 heteroatoms. The van der Waals surface area contributed by atoms with Crippen LogP contribution in [0.4, 0.5) is 0 Å². The fraction of sp³-hybridized carbons (Fsp3) is 0.829. The number of Topliss-reactive ketones (excluding diaryl/α,β-unsaturated/α-hetero) is 2. The second-order valence-corrected chi connectivity index (χ2v) is 31.5. The maximum absolute atomic E-state index is 14.2. The largest absolute Gasteiger partial charge is 0.462 e. The van der Waals surface area contributed by atoms with Gasteiger partial charge in [-0.15, -0.1) is 0 Å². The van der Waals surface area contributed by atoms with Crippen LogP contribution in [0.25, 0.3) is 0 Å². The van der Waals surface area contributed by atoms with Gasteiger partial charge in [0.2, 0.25) is 12.8 Å². The van der Waals surface area contributed by atoms with Crippen LogP contribution in [0.5, 0.6) is 0 Å². The lowest BCUT2D eigenvalue weighted by Gasteiger charge is -2.36. The molecule has 0 aliphatic carbocycles. The molecule has 0 spiro atoms. The zero-order valence-corrected chi connectivity index (χ0v) is 68.7. The molecule has 624 valence electrons. The van der Waals surface area contributed by atoms with Crippen molar-refractivity contribution >= 4 is 36.3 Å². The number of fused-ring (bicyclic) bond motifs is 4. The summed E-state index contributed by atoms with van der Waals surface area (Å²) >= 11 is 0. The standard InChI is InChI=1S/C82H142N2O24/c1-49(27-29-69(91)55(7)79(101-17)51(3)31-33-83(11)47-85)81(103-19)57(9)75-39-61(89)37-71(93)53(5)73(99-15)45-65-25-22-24-64(106-65)44-68(98-14)36-60(88)42-78(96)108-76(58(10)82(104-20)50(2)28-30-70(92)56(8)80(102-18)52(4)32-34-84(12)48-86)40-62(90)38-72(94)54(6)74(100-16)46-66-26-21-23-63(105-66)43-67(97-13)35-59(87)41-77(95)107-75/h21-24,31-34,47-68,71-76,79-82,87-90,93-94H,25-30,35-46H2,1-20H3/b33-31+,34-32+/t49-,50-,51+,52+,53-,54-,55+,56+,57-,58-,59-,60-,61-,62-,63-,64-,65-,66-,67-,68-,71-,72-,73-,74-,75+,76+,79-,80-,81+,82+/m0/s1. The van der Waals surface area contributed by atoms with Gasteiger partial charge in [-0.1, -0.05) is 106 Å². The summed E-state index contributed by atoms with van der Waals surface area (Å²) in [5, 5.41) is 71.0. The maximum Gasteiger partial charge on any atom is 0.308 e. The Hall–Kier alpha value is -4.46. The van der Waals surface area contributed by atoms with E-state index in [4.69, 9.17) is 56.8 Å². The Bertz CT molecular complexity index is 2510. The molecule has 1 fully saturated rings. The zero-order valence-electron chi connectivity index (χ0n) is 68.7. The predicted octanol–water partition coefficient (Wildman–Crippen LogP) is 8.48. The lowest BCUT2D eigenvalue weighted by molar-refractivity contribution is -0.162. The number of rotatable bonds is 32. The quantitative estimate of drug-likeness (QED) is 0.0209. The molecule has 3 aliphatic rings. The van der Waals surface area contributed by atoms with Crippen LogP contribution in [-0.4, -0.2) is 270 Å². The van der Waals surface area contributed by atoms with E-state index in [1.165, 1.54) is 24.0 Å². The van der Waals surface area contributed by atoms with Gasteiger partial charge in [-0.3, -0.25) is 28.8 Å². The molecule has 26 nitrogen and oxygen atoms in total. The summed E-state index contributed by atoms with van der Waals surface area (Å²) in [6, 6.07) is 0. The number of ketones is 2. The summed E-state index contributed by atoms with van der Waals surface area (Å²) in [5.41, 5.74) is 0. The van der Waals surface area contributed by atoms with Crippen LogP contribution in [0.2, 0.25) is 0 Å². The Kier molecular flexibility index (Phi) is 46.4. The Morgan fingerprint density at radius 2 is 0.824 bits per heavy atom. The van der Waals surface area contributed by atoms with E-state index in [-0.39, 0.29) is 98.8 Å². The number of esters is 2. The number of methoxy groups -OCH3 is 8. The van der Waals surface area contributed by atoms with Crippen LogP contribution in [0.15, 0.2) is 48.9 Å². The van der Waals surface area contributed by atoms with Crippen LogP contribution < -0.4 is 0 Å². The minimum absolute atomic E-state index is 0.0287. The lowest BCUT2D eigenvalue weighted by atomic mass is 9.82. The molecule has 108 heavy (non-hydrogen) atoms. The van der Waals surface area contributed by atoms with E-state index in [1.54, 1.807) is 69.2 Å². The monoisotopic (exact) mass is 1540 g/mol. The average Bonchev–Trinajstić information content (AvgIpc) is 0.854. The number of cyclic esters (lactones) is 2. The summed E-state index contributed by atoms with van der Waals surface area (Å²) < 4.78 is 73.4. The molecule has 3 rings (SSSR count). The van der Waals surface area contributed by atoms with Crippen LogP contribution >= 0.6 is 0 Å². The highest BCUT2D eigenvalue weighted by Crippen LogP contribution is 2.36. The fourth-order valence-corrected chi connectivity index (χ4v) is 16.1. The molecule has 6 N–H and O–H groups in total. The van der Waals surface area contributed by atoms with E-state index >= 15 is 0 Å². The number of amides is 2. The first kappa shape index (κ1) is 97.7. The van der Waals surface area contributed by atoms with Gasteiger partial charge in [-0.25, -0.2) is 0 Å². The summed E-state index contributed by atoms with van der Waals surface area (Å²) in [6.45, 7) is 18.7. The summed E-state index contributed by atoms with van der Waals surface area (Å²) in [5.74, 6) is -5.63. The molecule has 3 aliphatic heterocycles. The number of aliphatic hydroxyl groups excluding tert-OH is 6. The minimum Gasteiger partial charge on any atom is -0.462 e. The van der Waals surface area contributed by atoms with Crippen LogP contribution in [0.3, 0.4) is 0 Å². The number of hydrogen-bond donors (Lipinski definition) is 6. The first-order valence-electron chi connectivity index (χ1n) is 39.3. The summed E-state index contributed by atoms with van der Waals surface area (Å²) in [4.78, 5) is 81.3. The molecule has 4 bridgehead atoms. The van der Waals surface area contributed by atoms with E-state index < -0.39 is 170 Å². The molecule has 0 aromatic rings. The van der Waals surface area contributed by atoms with Gasteiger partial charge in [0.05, 0.1) is 123 Å². The van der Waals surface area contributed by atoms with Crippen LogP contribution in [0, 0.1) is 59.2 Å². The van der Waals surface area contributed by atoms with Gasteiger partial charge < -0.3 is 97.3 Å². The lowest BCUT2D eigenvalue weighted by Crippen LogP contribution is -2.42. The topological polar surface area (TPSA) is 341 Å². The van der Waals surface area contributed by atoms with Gasteiger partial charge in [-0.2, -0.15) is 0 Å². The Morgan fingerprint density at radius 1 is 0.481 bits per heavy atom.